The molecule has 68 valence electrons. The first-order valence-electron chi connectivity index (χ1n) is 3.47. The first kappa shape index (κ1) is 8.40. The molecule has 0 amide bonds. The van der Waals surface area contributed by atoms with Crippen molar-refractivity contribution in [3.8, 4) is 0 Å². The lowest BCUT2D eigenvalue weighted by molar-refractivity contribution is 0.469. The zero-order valence-corrected chi connectivity index (χ0v) is 7.18. The molecular weight excluding hydrogens is 195 g/mol. The maximum absolute atomic E-state index is 12.7. The van der Waals surface area contributed by atoms with Crippen LogP contribution in [0, 0.1) is 5.82 Å². The first-order chi connectivity index (χ1) is 6.16. The number of hydrogen-bond acceptors (Lipinski definition) is 2. The molecule has 13 heavy (non-hydrogen) atoms. The molecule has 2 aromatic rings. The molecule has 1 N–H and O–H groups in total. The summed E-state index contributed by atoms with van der Waals surface area (Å²) < 4.78 is 36.9. The van der Waals surface area contributed by atoms with Gasteiger partial charge in [0.1, 0.15) is 11.4 Å². The van der Waals surface area contributed by atoms with Crippen molar-refractivity contribution in [3.05, 3.63) is 30.1 Å². The second-order valence-electron chi connectivity index (χ2n) is 2.50. The van der Waals surface area contributed by atoms with E-state index in [2.05, 4.69) is 0 Å². The Bertz CT molecular complexity index is 477. The smallest absolute Gasteiger partial charge is 0.223 e. The molecule has 1 unspecified atom stereocenters. The van der Waals surface area contributed by atoms with Crippen LogP contribution in [-0.4, -0.2) is 8.76 Å². The Hall–Kier alpha value is -1.20. The normalized spacial score (nSPS) is 13.4. The molecular formula is C8H5FO3S. The molecule has 0 fully saturated rings. The predicted molar refractivity (Wildman–Crippen MR) is 45.2 cm³/mol. The molecule has 3 nitrogen and oxygen atoms in total. The maximum Gasteiger partial charge on any atom is 0.223 e. The summed E-state index contributed by atoms with van der Waals surface area (Å²) in [5, 5.41) is 0.415. The van der Waals surface area contributed by atoms with Gasteiger partial charge in [-0.25, -0.2) is 8.60 Å². The summed E-state index contributed by atoms with van der Waals surface area (Å²) in [4.78, 5) is 0. The largest absolute Gasteiger partial charge is 0.445 e. The molecule has 0 bridgehead atoms. The number of hydrogen-bond donors (Lipinski definition) is 1. The van der Waals surface area contributed by atoms with Gasteiger partial charge in [0, 0.05) is 11.5 Å². The van der Waals surface area contributed by atoms with Gasteiger partial charge < -0.3 is 4.42 Å². The van der Waals surface area contributed by atoms with E-state index in [1.807, 2.05) is 0 Å². The van der Waals surface area contributed by atoms with Crippen LogP contribution in [0.1, 0.15) is 0 Å². The van der Waals surface area contributed by atoms with Crippen molar-refractivity contribution >= 4 is 22.0 Å². The Morgan fingerprint density at radius 2 is 2.15 bits per heavy atom. The zero-order valence-electron chi connectivity index (χ0n) is 6.36. The highest BCUT2D eigenvalue weighted by Crippen LogP contribution is 2.21. The van der Waals surface area contributed by atoms with Gasteiger partial charge in [0.05, 0.1) is 0 Å². The molecule has 0 aliphatic rings. The van der Waals surface area contributed by atoms with E-state index in [1.54, 1.807) is 0 Å². The summed E-state index contributed by atoms with van der Waals surface area (Å²) in [6, 6.07) is 5.24. The second-order valence-corrected chi connectivity index (χ2v) is 3.40. The Balaban J connectivity index is 2.68. The zero-order chi connectivity index (χ0) is 9.42. The van der Waals surface area contributed by atoms with Crippen LogP contribution < -0.4 is 0 Å². The van der Waals surface area contributed by atoms with Gasteiger partial charge in [0.2, 0.25) is 16.2 Å². The highest BCUT2D eigenvalue weighted by molar-refractivity contribution is 7.79. The topological polar surface area (TPSA) is 50.4 Å². The number of benzene rings is 1. The number of rotatable bonds is 1. The van der Waals surface area contributed by atoms with Crippen LogP contribution in [0.5, 0.6) is 0 Å². The second kappa shape index (κ2) is 2.93. The van der Waals surface area contributed by atoms with Crippen molar-refractivity contribution in [1.82, 2.24) is 0 Å². The van der Waals surface area contributed by atoms with Crippen molar-refractivity contribution in [2.24, 2.45) is 0 Å². The number of fused-ring (bicyclic) bond motifs is 1. The molecule has 0 aliphatic carbocycles. The standard InChI is InChI=1S/C8H5FO3S/c9-6-1-2-7-5(3-6)4-8(12-7)13(10)11/h1-4H,(H,10,11). The van der Waals surface area contributed by atoms with E-state index < -0.39 is 16.9 Å². The van der Waals surface area contributed by atoms with Crippen LogP contribution in [0.25, 0.3) is 11.0 Å². The molecule has 0 radical (unpaired) electrons. The lowest BCUT2D eigenvalue weighted by Crippen LogP contribution is -1.81. The van der Waals surface area contributed by atoms with Gasteiger partial charge >= 0.3 is 0 Å². The van der Waals surface area contributed by atoms with Crippen LogP contribution in [0.4, 0.5) is 4.39 Å². The number of furan rings is 1. The summed E-state index contributed by atoms with van der Waals surface area (Å²) in [5.41, 5.74) is 0.402. The van der Waals surface area contributed by atoms with Crippen molar-refractivity contribution in [1.29, 1.82) is 0 Å². The van der Waals surface area contributed by atoms with Gasteiger partial charge in [-0.1, -0.05) is 0 Å². The fraction of sp³-hybridized carbons (Fsp3) is 0. The number of halogens is 1. The molecule has 2 rings (SSSR count). The summed E-state index contributed by atoms with van der Waals surface area (Å²) >= 11 is -2.16. The summed E-state index contributed by atoms with van der Waals surface area (Å²) in [6.07, 6.45) is 0. The Kier molecular flexibility index (Phi) is 1.90. The highest BCUT2D eigenvalue weighted by atomic mass is 32.2. The molecule has 5 heteroatoms. The van der Waals surface area contributed by atoms with E-state index in [0.717, 1.165) is 0 Å². The van der Waals surface area contributed by atoms with Crippen molar-refractivity contribution in [3.63, 3.8) is 0 Å². The van der Waals surface area contributed by atoms with Gasteiger partial charge in [-0.2, -0.15) is 0 Å². The molecule has 0 spiro atoms. The molecule has 1 heterocycles. The average Bonchev–Trinajstić information content (AvgIpc) is 2.46. The minimum absolute atomic E-state index is 0.0689. The maximum atomic E-state index is 12.7. The minimum atomic E-state index is -2.16. The Morgan fingerprint density at radius 3 is 2.85 bits per heavy atom. The van der Waals surface area contributed by atoms with Crippen LogP contribution in [0.15, 0.2) is 33.8 Å². The molecule has 1 aromatic carbocycles. The molecule has 1 atom stereocenters. The average molecular weight is 200 g/mol. The van der Waals surface area contributed by atoms with Crippen LogP contribution in [-0.2, 0) is 11.1 Å². The Morgan fingerprint density at radius 1 is 1.38 bits per heavy atom. The fourth-order valence-corrected chi connectivity index (χ4v) is 1.46. The van der Waals surface area contributed by atoms with Gasteiger partial charge in [0.15, 0.2) is 0 Å². The van der Waals surface area contributed by atoms with Crippen molar-refractivity contribution in [2.75, 3.05) is 0 Å². The molecule has 1 aromatic heterocycles. The summed E-state index contributed by atoms with van der Waals surface area (Å²) in [5.74, 6) is -0.399. The third-order valence-corrected chi connectivity index (χ3v) is 2.17. The van der Waals surface area contributed by atoms with E-state index in [9.17, 15) is 8.60 Å². The lowest BCUT2D eigenvalue weighted by Gasteiger charge is -1.86. The monoisotopic (exact) mass is 200 g/mol. The Labute approximate surface area is 75.5 Å². The minimum Gasteiger partial charge on any atom is -0.445 e. The van der Waals surface area contributed by atoms with E-state index >= 15 is 0 Å². The van der Waals surface area contributed by atoms with E-state index in [0.29, 0.717) is 11.0 Å². The van der Waals surface area contributed by atoms with Crippen LogP contribution >= 0.6 is 0 Å². The van der Waals surface area contributed by atoms with Gasteiger partial charge in [-0.15, -0.1) is 0 Å². The van der Waals surface area contributed by atoms with Crippen molar-refractivity contribution in [2.45, 2.75) is 5.09 Å². The van der Waals surface area contributed by atoms with Crippen LogP contribution in [0.3, 0.4) is 0 Å². The molecule has 0 aliphatic heterocycles. The SMILES string of the molecule is O=S(O)c1cc2cc(F)ccc2o1. The highest BCUT2D eigenvalue weighted by Gasteiger charge is 2.08. The van der Waals surface area contributed by atoms with E-state index in [1.165, 1.54) is 24.3 Å². The van der Waals surface area contributed by atoms with E-state index in [-0.39, 0.29) is 5.09 Å². The van der Waals surface area contributed by atoms with Gasteiger partial charge in [-0.05, 0) is 18.2 Å². The van der Waals surface area contributed by atoms with Crippen molar-refractivity contribution < 1.29 is 17.6 Å². The third kappa shape index (κ3) is 1.48. The molecule has 0 saturated carbocycles. The third-order valence-electron chi connectivity index (χ3n) is 1.63. The first-order valence-corrected chi connectivity index (χ1v) is 4.57. The predicted octanol–water partition coefficient (Wildman–Crippen LogP) is 2.15. The summed E-state index contributed by atoms with van der Waals surface area (Å²) in [6.45, 7) is 0. The van der Waals surface area contributed by atoms with Gasteiger partial charge in [-0.3, -0.25) is 4.55 Å². The fourth-order valence-electron chi connectivity index (χ4n) is 1.08. The van der Waals surface area contributed by atoms with E-state index in [4.69, 9.17) is 8.97 Å². The quantitative estimate of drug-likeness (QED) is 0.717. The van der Waals surface area contributed by atoms with Crippen LogP contribution in [0.2, 0.25) is 0 Å². The lowest BCUT2D eigenvalue weighted by atomic mass is 10.2. The van der Waals surface area contributed by atoms with Gasteiger partial charge in [0.25, 0.3) is 0 Å². The summed E-state index contributed by atoms with van der Waals surface area (Å²) in [7, 11) is 0. The molecule has 0 saturated heterocycles.